The van der Waals surface area contributed by atoms with Crippen LogP contribution in [0, 0.1) is 0 Å². The van der Waals surface area contributed by atoms with Gasteiger partial charge in [-0.05, 0) is 37.5 Å². The van der Waals surface area contributed by atoms with Crippen LogP contribution in [-0.2, 0) is 20.2 Å². The van der Waals surface area contributed by atoms with E-state index in [2.05, 4.69) is 5.32 Å². The Labute approximate surface area is 172 Å². The Kier molecular flexibility index (Phi) is 6.92. The second kappa shape index (κ2) is 9.41. The minimum Gasteiger partial charge on any atom is -0.492 e. The first-order chi connectivity index (χ1) is 14.0. The van der Waals surface area contributed by atoms with Crippen molar-refractivity contribution >= 4 is 15.9 Å². The van der Waals surface area contributed by atoms with Crippen LogP contribution in [0.25, 0.3) is 0 Å². The highest BCUT2D eigenvalue weighted by Crippen LogP contribution is 2.36. The van der Waals surface area contributed by atoms with Gasteiger partial charge in [-0.3, -0.25) is 4.79 Å². The number of nitrogens with zero attached hydrogens (tertiary/aromatic N) is 1. The number of benzene rings is 2. The Balaban J connectivity index is 1.67. The summed E-state index contributed by atoms with van der Waals surface area (Å²) in [4.78, 5) is 13.2. The van der Waals surface area contributed by atoms with Crippen molar-refractivity contribution in [3.8, 4) is 5.75 Å². The number of piperidine rings is 1. The monoisotopic (exact) mass is 416 g/mol. The predicted octanol–water partition coefficient (Wildman–Crippen LogP) is 2.57. The lowest BCUT2D eigenvalue weighted by molar-refractivity contribution is -0.128. The zero-order valence-corrected chi connectivity index (χ0v) is 17.5. The molecule has 1 heterocycles. The summed E-state index contributed by atoms with van der Waals surface area (Å²) in [5, 5.41) is 3.00. The lowest BCUT2D eigenvalue weighted by Crippen LogP contribution is -2.53. The number of carbonyl (C=O) groups excluding carboxylic acids is 1. The Bertz CT molecular complexity index is 893. The van der Waals surface area contributed by atoms with Crippen molar-refractivity contribution in [2.75, 3.05) is 32.0 Å². The zero-order chi connectivity index (χ0) is 20.7. The quantitative estimate of drug-likeness (QED) is 0.671. The molecule has 1 aliphatic rings. The number of hydrogen-bond donors (Lipinski definition) is 1. The minimum absolute atomic E-state index is 0.0751. The maximum atomic E-state index is 13.2. The average molecular weight is 417 g/mol. The molecule has 1 aliphatic heterocycles. The zero-order valence-electron chi connectivity index (χ0n) is 16.7. The van der Waals surface area contributed by atoms with Crippen LogP contribution < -0.4 is 10.1 Å². The SMILES string of the molecule is CCS(=O)(=O)N1CCC(C(=O)NCCOc2ccccc2)(c2ccccc2)CC1. The van der Waals surface area contributed by atoms with Gasteiger partial charge in [0, 0.05) is 13.1 Å². The molecule has 0 radical (unpaired) electrons. The predicted molar refractivity (Wildman–Crippen MR) is 113 cm³/mol. The molecule has 0 bridgehead atoms. The maximum Gasteiger partial charge on any atom is 0.230 e. The van der Waals surface area contributed by atoms with E-state index in [1.807, 2.05) is 60.7 Å². The van der Waals surface area contributed by atoms with Crippen LogP contribution in [0.4, 0.5) is 0 Å². The first-order valence-corrected chi connectivity index (χ1v) is 11.6. The molecular formula is C22H28N2O4S. The molecule has 1 saturated heterocycles. The molecular weight excluding hydrogens is 388 g/mol. The van der Waals surface area contributed by atoms with Crippen molar-refractivity contribution < 1.29 is 17.9 Å². The van der Waals surface area contributed by atoms with Gasteiger partial charge >= 0.3 is 0 Å². The number of amides is 1. The lowest BCUT2D eigenvalue weighted by atomic mass is 9.72. The van der Waals surface area contributed by atoms with E-state index in [9.17, 15) is 13.2 Å². The van der Waals surface area contributed by atoms with E-state index in [0.717, 1.165) is 11.3 Å². The van der Waals surface area contributed by atoms with Gasteiger partial charge in [0.05, 0.1) is 17.7 Å². The Morgan fingerprint density at radius 2 is 1.62 bits per heavy atom. The second-order valence-corrected chi connectivity index (χ2v) is 9.42. The van der Waals surface area contributed by atoms with E-state index in [-0.39, 0.29) is 11.7 Å². The van der Waals surface area contributed by atoms with Crippen molar-refractivity contribution in [2.45, 2.75) is 25.2 Å². The van der Waals surface area contributed by atoms with Gasteiger partial charge in [-0.15, -0.1) is 0 Å². The summed E-state index contributed by atoms with van der Waals surface area (Å²) >= 11 is 0. The number of rotatable bonds is 8. The van der Waals surface area contributed by atoms with E-state index in [1.165, 1.54) is 4.31 Å². The summed E-state index contributed by atoms with van der Waals surface area (Å²) in [6.45, 7) is 3.10. The van der Waals surface area contributed by atoms with Crippen molar-refractivity contribution in [1.82, 2.24) is 9.62 Å². The van der Waals surface area contributed by atoms with Gasteiger partial charge in [-0.2, -0.15) is 0 Å². The average Bonchev–Trinajstić information content (AvgIpc) is 2.78. The fraction of sp³-hybridized carbons (Fsp3) is 0.409. The summed E-state index contributed by atoms with van der Waals surface area (Å²) in [5.41, 5.74) is 0.198. The van der Waals surface area contributed by atoms with Crippen LogP contribution in [-0.4, -0.2) is 50.6 Å². The molecule has 0 atom stereocenters. The van der Waals surface area contributed by atoms with Crippen LogP contribution in [0.5, 0.6) is 5.75 Å². The number of sulfonamides is 1. The Morgan fingerprint density at radius 1 is 1.03 bits per heavy atom. The third kappa shape index (κ3) is 4.97. The summed E-state index contributed by atoms with van der Waals surface area (Å²) in [7, 11) is -3.25. The topological polar surface area (TPSA) is 75.7 Å². The first-order valence-electron chi connectivity index (χ1n) is 9.97. The largest absolute Gasteiger partial charge is 0.492 e. The molecule has 156 valence electrons. The Hall–Kier alpha value is -2.38. The molecule has 1 amide bonds. The normalized spacial score (nSPS) is 16.9. The third-order valence-corrected chi connectivity index (χ3v) is 7.38. The fourth-order valence-electron chi connectivity index (χ4n) is 3.75. The van der Waals surface area contributed by atoms with Gasteiger partial charge in [0.2, 0.25) is 15.9 Å². The van der Waals surface area contributed by atoms with Crippen LogP contribution in [0.2, 0.25) is 0 Å². The van der Waals surface area contributed by atoms with Crippen LogP contribution in [0.15, 0.2) is 60.7 Å². The molecule has 0 aromatic heterocycles. The summed E-state index contributed by atoms with van der Waals surface area (Å²) in [6.07, 6.45) is 0.920. The minimum atomic E-state index is -3.25. The molecule has 29 heavy (non-hydrogen) atoms. The standard InChI is InChI=1S/C22H28N2O4S/c1-2-29(26,27)24-16-13-22(14-17-24,19-9-5-3-6-10-19)21(25)23-15-18-28-20-11-7-4-8-12-20/h3-12H,2,13-18H2,1H3,(H,23,25). The molecule has 7 heteroatoms. The number of hydrogen-bond acceptors (Lipinski definition) is 4. The molecule has 0 spiro atoms. The summed E-state index contributed by atoms with van der Waals surface area (Å²) in [6, 6.07) is 19.1. The van der Waals surface area contributed by atoms with Crippen LogP contribution in [0.3, 0.4) is 0 Å². The highest BCUT2D eigenvalue weighted by Gasteiger charge is 2.44. The van der Waals surface area contributed by atoms with Crippen molar-refractivity contribution in [3.63, 3.8) is 0 Å². The molecule has 0 unspecified atom stereocenters. The highest BCUT2D eigenvalue weighted by atomic mass is 32.2. The van der Waals surface area contributed by atoms with Gasteiger partial charge < -0.3 is 10.1 Å². The van der Waals surface area contributed by atoms with Gasteiger partial charge in [0.15, 0.2) is 0 Å². The van der Waals surface area contributed by atoms with Gasteiger partial charge in [-0.25, -0.2) is 12.7 Å². The molecule has 6 nitrogen and oxygen atoms in total. The van der Waals surface area contributed by atoms with E-state index in [0.29, 0.717) is 39.1 Å². The van der Waals surface area contributed by atoms with Gasteiger partial charge in [-0.1, -0.05) is 48.5 Å². The van der Waals surface area contributed by atoms with Crippen molar-refractivity contribution in [2.24, 2.45) is 0 Å². The first kappa shape index (κ1) is 21.3. The molecule has 2 aromatic carbocycles. The molecule has 1 N–H and O–H groups in total. The molecule has 0 saturated carbocycles. The van der Waals surface area contributed by atoms with E-state index in [4.69, 9.17) is 4.74 Å². The van der Waals surface area contributed by atoms with E-state index in [1.54, 1.807) is 6.92 Å². The van der Waals surface area contributed by atoms with E-state index >= 15 is 0 Å². The van der Waals surface area contributed by atoms with Crippen LogP contribution >= 0.6 is 0 Å². The summed E-state index contributed by atoms with van der Waals surface area (Å²) < 4.78 is 31.6. The van der Waals surface area contributed by atoms with Crippen molar-refractivity contribution in [3.05, 3.63) is 66.2 Å². The maximum absolute atomic E-state index is 13.2. The number of para-hydroxylation sites is 1. The lowest BCUT2D eigenvalue weighted by Gasteiger charge is -2.40. The fourth-order valence-corrected chi connectivity index (χ4v) is 4.86. The third-order valence-electron chi connectivity index (χ3n) is 5.49. The number of nitrogens with one attached hydrogen (secondary N) is 1. The Morgan fingerprint density at radius 3 is 2.21 bits per heavy atom. The highest BCUT2D eigenvalue weighted by molar-refractivity contribution is 7.89. The summed E-state index contributed by atoms with van der Waals surface area (Å²) in [5.74, 6) is 0.764. The second-order valence-electron chi connectivity index (χ2n) is 7.17. The van der Waals surface area contributed by atoms with E-state index < -0.39 is 15.4 Å². The molecule has 0 aliphatic carbocycles. The molecule has 3 rings (SSSR count). The van der Waals surface area contributed by atoms with Gasteiger partial charge in [0.25, 0.3) is 0 Å². The van der Waals surface area contributed by atoms with Gasteiger partial charge in [0.1, 0.15) is 12.4 Å². The smallest absolute Gasteiger partial charge is 0.230 e. The molecule has 1 fully saturated rings. The number of carbonyl (C=O) groups is 1. The number of ether oxygens (including phenoxy) is 1. The van der Waals surface area contributed by atoms with Crippen LogP contribution in [0.1, 0.15) is 25.3 Å². The molecule has 2 aromatic rings. The van der Waals surface area contributed by atoms with Crippen molar-refractivity contribution in [1.29, 1.82) is 0 Å².